The van der Waals surface area contributed by atoms with Crippen LogP contribution in [0, 0.1) is 0 Å². The van der Waals surface area contributed by atoms with Gasteiger partial charge in [0.05, 0.1) is 44.7 Å². The van der Waals surface area contributed by atoms with Crippen LogP contribution in [-0.4, -0.2) is 226 Å². The summed E-state index contributed by atoms with van der Waals surface area (Å²) in [5.41, 5.74) is 1.13. The molecular weight excluding hydrogens is 887 g/mol. The highest BCUT2D eigenvalue weighted by Crippen LogP contribution is 2.33. The Morgan fingerprint density at radius 1 is 0.818 bits per heavy atom. The van der Waals surface area contributed by atoms with Crippen LogP contribution in [0.3, 0.4) is 0 Å². The minimum atomic E-state index is -1.61. The van der Waals surface area contributed by atoms with Gasteiger partial charge in [0.15, 0.2) is 6.04 Å². The third kappa shape index (κ3) is 18.7. The molecule has 0 aliphatic carbocycles. The Bertz CT molecular complexity index is 1880. The molecule has 66 heavy (non-hydrogen) atoms. The molecule has 366 valence electrons. The van der Waals surface area contributed by atoms with Crippen LogP contribution in [0.5, 0.6) is 0 Å². The number of benzene rings is 1. The van der Waals surface area contributed by atoms with Crippen molar-refractivity contribution in [2.24, 2.45) is 0 Å². The molecule has 1 aromatic rings. The highest BCUT2D eigenvalue weighted by atomic mass is 32.2. The van der Waals surface area contributed by atoms with Crippen molar-refractivity contribution >= 4 is 71.0 Å². The number of nitrogens with one attached hydrogen (secondary N) is 4. The van der Waals surface area contributed by atoms with Crippen LogP contribution < -0.4 is 21.3 Å². The number of carboxylic acids is 4. The molecule has 0 bridgehead atoms. The lowest BCUT2D eigenvalue weighted by molar-refractivity contribution is -0.151. The van der Waals surface area contributed by atoms with E-state index in [0.717, 1.165) is 24.2 Å². The number of likely N-dealkylation sites (N-methyl/N-ethyl adjacent to an activating group) is 2. The van der Waals surface area contributed by atoms with Crippen LogP contribution in [-0.2, 0) is 49.5 Å². The molecule has 0 aromatic heterocycles. The van der Waals surface area contributed by atoms with E-state index in [0.29, 0.717) is 44.7 Å². The zero-order chi connectivity index (χ0) is 48.3. The molecular formula is C42H63N9O14S. The molecule has 24 heteroatoms. The Kier molecular flexibility index (Phi) is 21.3. The number of hydrogen-bond donors (Lipinski definition) is 8. The first kappa shape index (κ1) is 53.1. The van der Waals surface area contributed by atoms with Crippen molar-refractivity contribution in [3.63, 3.8) is 0 Å². The molecule has 4 rings (SSSR count). The first-order valence-electron chi connectivity index (χ1n) is 21.9. The highest BCUT2D eigenvalue weighted by molar-refractivity contribution is 8.00. The number of unbranched alkanes of at least 4 members (excludes halogenated alkanes) is 1. The molecule has 5 atom stereocenters. The Labute approximate surface area is 386 Å². The van der Waals surface area contributed by atoms with E-state index in [9.17, 15) is 63.6 Å². The molecule has 23 nitrogen and oxygen atoms in total. The van der Waals surface area contributed by atoms with Crippen molar-refractivity contribution in [1.29, 1.82) is 0 Å². The maximum atomic E-state index is 12.8. The third-order valence-electron chi connectivity index (χ3n) is 11.5. The van der Waals surface area contributed by atoms with Crippen molar-refractivity contribution < 1.29 is 68.3 Å². The summed E-state index contributed by atoms with van der Waals surface area (Å²) in [4.78, 5) is 118. The summed E-state index contributed by atoms with van der Waals surface area (Å²) >= 11 is 1.78. The van der Waals surface area contributed by atoms with Crippen molar-refractivity contribution in [1.82, 2.24) is 40.4 Å². The number of nitrogens with zero attached hydrogens (tertiary/aromatic N) is 5. The number of urea groups is 1. The fourth-order valence-corrected chi connectivity index (χ4v) is 9.47. The van der Waals surface area contributed by atoms with Gasteiger partial charge in [0.1, 0.15) is 6.61 Å². The summed E-state index contributed by atoms with van der Waals surface area (Å²) in [6, 6.07) is 4.61. The van der Waals surface area contributed by atoms with Gasteiger partial charge in [-0.1, -0.05) is 18.6 Å². The van der Waals surface area contributed by atoms with E-state index in [1.54, 1.807) is 50.7 Å². The van der Waals surface area contributed by atoms with Gasteiger partial charge in [-0.05, 0) is 44.0 Å². The average Bonchev–Trinajstić information content (AvgIpc) is 3.80. The van der Waals surface area contributed by atoms with E-state index in [1.807, 2.05) is 11.9 Å². The minimum Gasteiger partial charge on any atom is -0.480 e. The molecule has 3 aliphatic heterocycles. The maximum Gasteiger partial charge on any atom is 0.329 e. The molecule has 3 saturated heterocycles. The molecule has 3 aliphatic rings. The van der Waals surface area contributed by atoms with Gasteiger partial charge < -0.3 is 56.2 Å². The van der Waals surface area contributed by atoms with Crippen LogP contribution in [0.25, 0.3) is 0 Å². The van der Waals surface area contributed by atoms with Gasteiger partial charge in [0, 0.05) is 88.4 Å². The number of ether oxygens (including phenoxy) is 1. The second-order valence-corrected chi connectivity index (χ2v) is 18.1. The van der Waals surface area contributed by atoms with Gasteiger partial charge in [-0.25, -0.2) is 9.59 Å². The number of thioether (sulfide) groups is 1. The number of amides is 5. The minimum absolute atomic E-state index is 0.0704. The average molecular weight is 950 g/mol. The van der Waals surface area contributed by atoms with E-state index in [1.165, 1.54) is 11.9 Å². The summed E-state index contributed by atoms with van der Waals surface area (Å²) in [7, 11) is 3.29. The second-order valence-electron chi connectivity index (χ2n) is 16.8. The van der Waals surface area contributed by atoms with Crippen LogP contribution in [0.2, 0.25) is 0 Å². The lowest BCUT2D eigenvalue weighted by Crippen LogP contribution is -2.53. The van der Waals surface area contributed by atoms with E-state index in [2.05, 4.69) is 21.3 Å². The first-order chi connectivity index (χ1) is 31.3. The van der Waals surface area contributed by atoms with E-state index in [4.69, 9.17) is 4.74 Å². The normalized spacial score (nSPS) is 21.5. The van der Waals surface area contributed by atoms with Crippen LogP contribution in [0.15, 0.2) is 24.3 Å². The summed E-state index contributed by atoms with van der Waals surface area (Å²) in [5.74, 6) is -6.28. The van der Waals surface area contributed by atoms with Gasteiger partial charge in [-0.2, -0.15) is 11.8 Å². The molecule has 0 spiro atoms. The van der Waals surface area contributed by atoms with Crippen molar-refractivity contribution in [3.05, 3.63) is 29.8 Å². The van der Waals surface area contributed by atoms with Crippen LogP contribution >= 0.6 is 11.8 Å². The molecule has 0 saturated carbocycles. The Balaban J connectivity index is 1.22. The standard InChI is InChI=1S/C42H63N9O14S/c1-47-13-15-49(22-36(55)56)17-18-51(24-38(59)60)29(20-50(16-14-47)23-37(57)58)19-27-7-9-28(10-8-27)43-33(52)11-12-39(61)65-25-30(41(62)63)44-34(53)21-48(2)35(54)6-4-3-5-32-40-31(26-66-32)45-42(64)46-40/h7-10,29-32,40H,3-6,11-26H2,1-2H3,(H,43,52)(H,44,53)(H,55,56)(H,57,58)(H,59,60)(H,62,63)(H2,45,46,64). The van der Waals surface area contributed by atoms with Crippen molar-refractivity contribution in [2.75, 3.05) is 104 Å². The van der Waals surface area contributed by atoms with E-state index >= 15 is 0 Å². The number of esters is 1. The quantitative estimate of drug-likeness (QED) is 0.0360. The number of anilines is 1. The van der Waals surface area contributed by atoms with Gasteiger partial charge >= 0.3 is 35.9 Å². The third-order valence-corrected chi connectivity index (χ3v) is 13.0. The largest absolute Gasteiger partial charge is 0.480 e. The van der Waals surface area contributed by atoms with E-state index < -0.39 is 73.3 Å². The number of hydrogen-bond acceptors (Lipinski definition) is 15. The zero-order valence-corrected chi connectivity index (χ0v) is 38.2. The summed E-state index contributed by atoms with van der Waals surface area (Å²) in [5, 5.41) is 49.6. The molecule has 1 aromatic carbocycles. The maximum absolute atomic E-state index is 12.8. The first-order valence-corrected chi connectivity index (χ1v) is 22.9. The topological polar surface area (TPSA) is 308 Å². The Morgan fingerprint density at radius 2 is 1.47 bits per heavy atom. The number of carbonyl (C=O) groups excluding carboxylic acids is 5. The summed E-state index contributed by atoms with van der Waals surface area (Å²) in [6.07, 6.45) is 1.92. The summed E-state index contributed by atoms with van der Waals surface area (Å²) in [6.45, 7) is 0.545. The molecule has 5 amide bonds. The molecule has 0 radical (unpaired) electrons. The lowest BCUT2D eigenvalue weighted by Gasteiger charge is -2.37. The van der Waals surface area contributed by atoms with Gasteiger partial charge in [-0.15, -0.1) is 0 Å². The highest BCUT2D eigenvalue weighted by Gasteiger charge is 2.42. The Morgan fingerprint density at radius 3 is 2.14 bits per heavy atom. The number of aliphatic carboxylic acids is 4. The SMILES string of the molecule is CN1CCN(CC(=O)O)CCN(CC(=O)O)C(Cc2ccc(NC(=O)CCC(=O)OCC(NC(=O)CN(C)C(=O)CCCCC3SCC4NC(=O)NC43)C(=O)O)cc2)CN(CC(=O)O)CC1. The summed E-state index contributed by atoms with van der Waals surface area (Å²) < 4.78 is 5.05. The number of fused-ring (bicyclic) bond motifs is 1. The molecule has 3 heterocycles. The Hall–Kier alpha value is -5.56. The molecule has 3 fully saturated rings. The molecule has 5 unspecified atom stereocenters. The number of carbonyl (C=O) groups is 9. The smallest absolute Gasteiger partial charge is 0.329 e. The predicted molar refractivity (Wildman–Crippen MR) is 239 cm³/mol. The molecule has 8 N–H and O–H groups in total. The predicted octanol–water partition coefficient (Wildman–Crippen LogP) is -1.28. The monoisotopic (exact) mass is 949 g/mol. The lowest BCUT2D eigenvalue weighted by atomic mass is 10.0. The van der Waals surface area contributed by atoms with Gasteiger partial charge in [0.2, 0.25) is 17.7 Å². The number of rotatable bonds is 23. The zero-order valence-electron chi connectivity index (χ0n) is 37.4. The van der Waals surface area contributed by atoms with Crippen LogP contribution in [0.4, 0.5) is 10.5 Å². The van der Waals surface area contributed by atoms with E-state index in [-0.39, 0.29) is 81.4 Å². The van der Waals surface area contributed by atoms with Crippen LogP contribution in [0.1, 0.15) is 44.1 Å². The van der Waals surface area contributed by atoms with Gasteiger partial charge in [-0.3, -0.25) is 48.3 Å². The second kappa shape index (κ2) is 26.6. The van der Waals surface area contributed by atoms with Gasteiger partial charge in [0.25, 0.3) is 0 Å². The number of carboxylic acid groups (broad SMARTS) is 4. The fourth-order valence-electron chi connectivity index (χ4n) is 7.92. The van der Waals surface area contributed by atoms with Crippen molar-refractivity contribution in [2.45, 2.75) is 74.4 Å². The fraction of sp³-hybridized carbons (Fsp3) is 0.643. The van der Waals surface area contributed by atoms with Crippen molar-refractivity contribution in [3.8, 4) is 0 Å².